The van der Waals surface area contributed by atoms with Crippen LogP contribution in [-0.2, 0) is 0 Å². The van der Waals surface area contributed by atoms with Crippen molar-refractivity contribution < 1.29 is 4.79 Å². The molecule has 0 N–H and O–H groups in total. The fourth-order valence-electron chi connectivity index (χ4n) is 1.45. The van der Waals surface area contributed by atoms with Crippen LogP contribution in [0.1, 0.15) is 42.6 Å². The van der Waals surface area contributed by atoms with Crippen LogP contribution in [0.2, 0.25) is 0 Å². The summed E-state index contributed by atoms with van der Waals surface area (Å²) in [5, 5.41) is 0. The largest absolute Gasteiger partial charge is 0.294 e. The third-order valence-corrected chi connectivity index (χ3v) is 2.94. The minimum Gasteiger partial charge on any atom is -0.294 e. The molecule has 0 bridgehead atoms. The quantitative estimate of drug-likeness (QED) is 0.741. The van der Waals surface area contributed by atoms with Crippen LogP contribution in [0.4, 0.5) is 0 Å². The average Bonchev–Trinajstić information content (AvgIpc) is 2.18. The van der Waals surface area contributed by atoms with Gasteiger partial charge in [-0.05, 0) is 37.0 Å². The van der Waals surface area contributed by atoms with Crippen molar-refractivity contribution in [3.05, 3.63) is 33.8 Å². The molecule has 0 spiro atoms. The first kappa shape index (κ1) is 12.4. The average molecular weight is 269 g/mol. The standard InChI is InChI=1S/C13H17BrO/c1-9(2)4-7-13(15)12-8-11(14)6-5-10(12)3/h5-6,8-9H,4,7H2,1-3H3. The Balaban J connectivity index is 2.77. The van der Waals surface area contributed by atoms with Crippen molar-refractivity contribution in [2.24, 2.45) is 5.92 Å². The summed E-state index contributed by atoms with van der Waals surface area (Å²) in [6.45, 7) is 6.26. The molecule has 0 saturated carbocycles. The number of halogens is 1. The molecule has 1 nitrogen and oxygen atoms in total. The van der Waals surface area contributed by atoms with Crippen LogP contribution in [0.15, 0.2) is 22.7 Å². The number of aryl methyl sites for hydroxylation is 1. The fraction of sp³-hybridized carbons (Fsp3) is 0.462. The Hall–Kier alpha value is -0.630. The molecule has 1 aromatic rings. The summed E-state index contributed by atoms with van der Waals surface area (Å²) < 4.78 is 0.973. The highest BCUT2D eigenvalue weighted by atomic mass is 79.9. The van der Waals surface area contributed by atoms with Crippen LogP contribution in [0, 0.1) is 12.8 Å². The number of carbonyl (C=O) groups excluding carboxylic acids is 1. The molecule has 0 aliphatic rings. The molecule has 0 unspecified atom stereocenters. The van der Waals surface area contributed by atoms with Gasteiger partial charge in [0.25, 0.3) is 0 Å². The number of hydrogen-bond donors (Lipinski definition) is 0. The van der Waals surface area contributed by atoms with Gasteiger partial charge in [0.2, 0.25) is 0 Å². The number of rotatable bonds is 4. The van der Waals surface area contributed by atoms with Crippen molar-refractivity contribution in [2.45, 2.75) is 33.6 Å². The molecule has 0 atom stereocenters. The zero-order valence-corrected chi connectivity index (χ0v) is 11.1. The minimum absolute atomic E-state index is 0.252. The summed E-state index contributed by atoms with van der Waals surface area (Å²) in [4.78, 5) is 11.9. The van der Waals surface area contributed by atoms with Gasteiger partial charge in [-0.3, -0.25) is 4.79 Å². The molecular weight excluding hydrogens is 252 g/mol. The Labute approximate surface area is 100 Å². The van der Waals surface area contributed by atoms with E-state index in [0.717, 1.165) is 22.0 Å². The Bertz CT molecular complexity index is 356. The SMILES string of the molecule is Cc1ccc(Br)cc1C(=O)CCC(C)C. The topological polar surface area (TPSA) is 17.1 Å². The minimum atomic E-state index is 0.252. The molecule has 1 rings (SSSR count). The lowest BCUT2D eigenvalue weighted by molar-refractivity contribution is 0.0975. The van der Waals surface area contributed by atoms with E-state index in [-0.39, 0.29) is 5.78 Å². The molecule has 82 valence electrons. The summed E-state index contributed by atoms with van der Waals surface area (Å²) in [6, 6.07) is 5.86. The monoisotopic (exact) mass is 268 g/mol. The normalized spacial score (nSPS) is 10.7. The molecule has 1 aromatic carbocycles. The number of benzene rings is 1. The highest BCUT2D eigenvalue weighted by Gasteiger charge is 2.09. The van der Waals surface area contributed by atoms with Crippen LogP contribution in [0.5, 0.6) is 0 Å². The predicted molar refractivity (Wildman–Crippen MR) is 67.3 cm³/mol. The molecule has 0 amide bonds. The number of hydrogen-bond acceptors (Lipinski definition) is 1. The van der Waals surface area contributed by atoms with Gasteiger partial charge < -0.3 is 0 Å². The third-order valence-electron chi connectivity index (χ3n) is 2.45. The van der Waals surface area contributed by atoms with Crippen molar-refractivity contribution >= 4 is 21.7 Å². The molecular formula is C13H17BrO. The Morgan fingerprint density at radius 1 is 1.40 bits per heavy atom. The first-order valence-electron chi connectivity index (χ1n) is 5.30. The Kier molecular flexibility index (Phi) is 4.52. The van der Waals surface area contributed by atoms with Gasteiger partial charge in [0.05, 0.1) is 0 Å². The predicted octanol–water partition coefficient (Wildman–Crippen LogP) is 4.38. The summed E-state index contributed by atoms with van der Waals surface area (Å²) in [5.41, 5.74) is 1.91. The van der Waals surface area contributed by atoms with E-state index in [0.29, 0.717) is 12.3 Å². The molecule has 0 heterocycles. The first-order chi connectivity index (χ1) is 7.00. The Morgan fingerprint density at radius 2 is 2.07 bits per heavy atom. The molecule has 0 aromatic heterocycles. The maximum Gasteiger partial charge on any atom is 0.163 e. The first-order valence-corrected chi connectivity index (χ1v) is 6.09. The molecule has 0 fully saturated rings. The zero-order chi connectivity index (χ0) is 11.4. The highest BCUT2D eigenvalue weighted by Crippen LogP contribution is 2.19. The number of carbonyl (C=O) groups is 1. The van der Waals surface area contributed by atoms with Gasteiger partial charge in [0.1, 0.15) is 0 Å². The van der Waals surface area contributed by atoms with Gasteiger partial charge in [-0.2, -0.15) is 0 Å². The van der Waals surface area contributed by atoms with Gasteiger partial charge in [0.15, 0.2) is 5.78 Å². The van der Waals surface area contributed by atoms with E-state index in [9.17, 15) is 4.79 Å². The van der Waals surface area contributed by atoms with Gasteiger partial charge >= 0.3 is 0 Å². The molecule has 0 radical (unpaired) electrons. The van der Waals surface area contributed by atoms with E-state index in [4.69, 9.17) is 0 Å². The molecule has 0 aliphatic carbocycles. The third kappa shape index (κ3) is 3.78. The molecule has 2 heteroatoms. The van der Waals surface area contributed by atoms with Crippen LogP contribution >= 0.6 is 15.9 Å². The lowest BCUT2D eigenvalue weighted by atomic mass is 9.98. The van der Waals surface area contributed by atoms with Crippen LogP contribution in [-0.4, -0.2) is 5.78 Å². The second kappa shape index (κ2) is 5.45. The van der Waals surface area contributed by atoms with Crippen LogP contribution < -0.4 is 0 Å². The van der Waals surface area contributed by atoms with Crippen LogP contribution in [0.3, 0.4) is 0 Å². The van der Waals surface area contributed by atoms with Crippen molar-refractivity contribution in [1.29, 1.82) is 0 Å². The zero-order valence-electron chi connectivity index (χ0n) is 9.51. The van der Waals surface area contributed by atoms with E-state index < -0.39 is 0 Å². The van der Waals surface area contributed by atoms with E-state index >= 15 is 0 Å². The number of ketones is 1. The maximum atomic E-state index is 11.9. The maximum absolute atomic E-state index is 11.9. The van der Waals surface area contributed by atoms with Crippen LogP contribution in [0.25, 0.3) is 0 Å². The fourth-order valence-corrected chi connectivity index (χ4v) is 1.81. The van der Waals surface area contributed by atoms with Gasteiger partial charge in [0, 0.05) is 16.5 Å². The van der Waals surface area contributed by atoms with E-state index in [1.807, 2.05) is 25.1 Å². The summed E-state index contributed by atoms with van der Waals surface area (Å²) in [5.74, 6) is 0.837. The van der Waals surface area contributed by atoms with Gasteiger partial charge in [-0.25, -0.2) is 0 Å². The number of Topliss-reactive ketones (excluding diaryl/α,β-unsaturated/α-hetero) is 1. The smallest absolute Gasteiger partial charge is 0.163 e. The second-order valence-corrected chi connectivity index (χ2v) is 5.23. The van der Waals surface area contributed by atoms with Crippen molar-refractivity contribution in [3.8, 4) is 0 Å². The van der Waals surface area contributed by atoms with Gasteiger partial charge in [-0.15, -0.1) is 0 Å². The summed E-state index contributed by atoms with van der Waals surface area (Å²) >= 11 is 3.39. The second-order valence-electron chi connectivity index (χ2n) is 4.31. The molecule has 0 aliphatic heterocycles. The molecule has 0 saturated heterocycles. The van der Waals surface area contributed by atoms with Gasteiger partial charge in [-0.1, -0.05) is 35.8 Å². The van der Waals surface area contributed by atoms with E-state index in [2.05, 4.69) is 29.8 Å². The molecule has 15 heavy (non-hydrogen) atoms. The van der Waals surface area contributed by atoms with Crippen molar-refractivity contribution in [2.75, 3.05) is 0 Å². The van der Waals surface area contributed by atoms with E-state index in [1.54, 1.807) is 0 Å². The lowest BCUT2D eigenvalue weighted by Crippen LogP contribution is -2.03. The van der Waals surface area contributed by atoms with Crippen molar-refractivity contribution in [1.82, 2.24) is 0 Å². The highest BCUT2D eigenvalue weighted by molar-refractivity contribution is 9.10. The summed E-state index contributed by atoms with van der Waals surface area (Å²) in [7, 11) is 0. The van der Waals surface area contributed by atoms with E-state index in [1.165, 1.54) is 0 Å². The summed E-state index contributed by atoms with van der Waals surface area (Å²) in [6.07, 6.45) is 1.61. The Morgan fingerprint density at radius 3 is 2.67 bits per heavy atom. The van der Waals surface area contributed by atoms with Crippen molar-refractivity contribution in [3.63, 3.8) is 0 Å². The lowest BCUT2D eigenvalue weighted by Gasteiger charge is -2.07.